The van der Waals surface area contributed by atoms with Crippen molar-refractivity contribution >= 4 is 11.8 Å². The molecule has 0 rings (SSSR count). The van der Waals surface area contributed by atoms with Crippen molar-refractivity contribution in [3.8, 4) is 0 Å². The maximum atomic E-state index is 9.60. The molecule has 0 aromatic heterocycles. The van der Waals surface area contributed by atoms with Gasteiger partial charge in [0.15, 0.2) is 0 Å². The number of aliphatic carboxylic acids is 1. The number of ketones is 1. The summed E-state index contributed by atoms with van der Waals surface area (Å²) in [5, 5.41) is 7.89. The summed E-state index contributed by atoms with van der Waals surface area (Å²) in [7, 11) is 0. The summed E-state index contributed by atoms with van der Waals surface area (Å²) in [5.41, 5.74) is 0.176. The zero-order chi connectivity index (χ0) is 8.73. The SMILES string of the molecule is C=C(C)C(=O)O.CC(C)=O.[H-].[Li+]. The number of carbonyl (C=O) groups is 2. The standard InChI is InChI=1S/C4H6O2.C3H6O.Li.H/c1-3(2)4(5)6;1-3(2)4;;/h1H2,2H3,(H,5,6);1-2H3;;/q;;+1;-1. The predicted octanol–water partition coefficient (Wildman–Crippen LogP) is -1.64. The summed E-state index contributed by atoms with van der Waals surface area (Å²) in [6.45, 7) is 7.66. The first kappa shape index (κ1) is 16.8. The minimum absolute atomic E-state index is 0. The minimum Gasteiger partial charge on any atom is -1.00 e. The van der Waals surface area contributed by atoms with Crippen LogP contribution in [0.5, 0.6) is 0 Å². The van der Waals surface area contributed by atoms with E-state index in [1.807, 2.05) is 0 Å². The van der Waals surface area contributed by atoms with E-state index in [-0.39, 0.29) is 31.6 Å². The third kappa shape index (κ3) is 43.8. The maximum absolute atomic E-state index is 9.60. The second-order valence-corrected chi connectivity index (χ2v) is 1.99. The van der Waals surface area contributed by atoms with Crippen molar-refractivity contribution in [1.82, 2.24) is 0 Å². The van der Waals surface area contributed by atoms with E-state index in [0.29, 0.717) is 0 Å². The van der Waals surface area contributed by atoms with Crippen LogP contribution >= 0.6 is 0 Å². The van der Waals surface area contributed by atoms with Crippen molar-refractivity contribution in [2.75, 3.05) is 0 Å². The topological polar surface area (TPSA) is 54.4 Å². The Hall–Kier alpha value is -0.523. The van der Waals surface area contributed by atoms with Crippen LogP contribution in [0.15, 0.2) is 12.2 Å². The number of rotatable bonds is 1. The van der Waals surface area contributed by atoms with Crippen LogP contribution in [0.3, 0.4) is 0 Å². The van der Waals surface area contributed by atoms with Crippen molar-refractivity contribution in [1.29, 1.82) is 0 Å². The van der Waals surface area contributed by atoms with Crippen LogP contribution in [0, 0.1) is 0 Å². The van der Waals surface area contributed by atoms with Gasteiger partial charge in [-0.25, -0.2) is 4.79 Å². The average Bonchev–Trinajstić information content (AvgIpc) is 1.63. The molecule has 0 aliphatic rings. The smallest absolute Gasteiger partial charge is 1.00 e. The van der Waals surface area contributed by atoms with E-state index in [1.165, 1.54) is 20.8 Å². The van der Waals surface area contributed by atoms with Crippen molar-refractivity contribution in [2.45, 2.75) is 20.8 Å². The van der Waals surface area contributed by atoms with Crippen LogP contribution in [-0.4, -0.2) is 16.9 Å². The van der Waals surface area contributed by atoms with Gasteiger partial charge in [-0.05, 0) is 20.8 Å². The molecule has 0 aromatic carbocycles. The Morgan fingerprint density at radius 3 is 1.36 bits per heavy atom. The summed E-state index contributed by atoms with van der Waals surface area (Å²) in [6, 6.07) is 0. The summed E-state index contributed by atoms with van der Waals surface area (Å²) in [4.78, 5) is 19.0. The molecule has 60 valence electrons. The Balaban J connectivity index is -0.0000000483. The van der Waals surface area contributed by atoms with Gasteiger partial charge in [-0.2, -0.15) is 0 Å². The van der Waals surface area contributed by atoms with E-state index in [2.05, 4.69) is 6.58 Å². The van der Waals surface area contributed by atoms with Gasteiger partial charge in [-0.3, -0.25) is 0 Å². The Morgan fingerprint density at radius 2 is 1.36 bits per heavy atom. The molecule has 0 aromatic rings. The second kappa shape index (κ2) is 9.48. The van der Waals surface area contributed by atoms with Gasteiger partial charge in [0, 0.05) is 5.57 Å². The zero-order valence-electron chi connectivity index (χ0n) is 8.47. The summed E-state index contributed by atoms with van der Waals surface area (Å²) < 4.78 is 0. The fourth-order valence-electron chi connectivity index (χ4n) is 0. The summed E-state index contributed by atoms with van der Waals surface area (Å²) in [6.07, 6.45) is 0. The minimum atomic E-state index is -0.935. The van der Waals surface area contributed by atoms with E-state index in [4.69, 9.17) is 5.11 Å². The first-order chi connectivity index (χ1) is 4.37. The Labute approximate surface area is 80.1 Å². The van der Waals surface area contributed by atoms with Crippen LogP contribution in [0.2, 0.25) is 0 Å². The number of hydrogen-bond donors (Lipinski definition) is 1. The second-order valence-electron chi connectivity index (χ2n) is 1.99. The molecule has 0 saturated heterocycles. The van der Waals surface area contributed by atoms with E-state index in [1.54, 1.807) is 0 Å². The summed E-state index contributed by atoms with van der Waals surface area (Å²) >= 11 is 0. The third-order valence-corrected chi connectivity index (χ3v) is 0.365. The molecular weight excluding hydrogens is 139 g/mol. The fourth-order valence-corrected chi connectivity index (χ4v) is 0. The number of carboxylic acid groups (broad SMARTS) is 1. The first-order valence-electron chi connectivity index (χ1n) is 2.74. The Morgan fingerprint density at radius 1 is 1.27 bits per heavy atom. The molecule has 11 heavy (non-hydrogen) atoms. The van der Waals surface area contributed by atoms with Gasteiger partial charge >= 0.3 is 24.8 Å². The third-order valence-electron chi connectivity index (χ3n) is 0.365. The molecule has 3 nitrogen and oxygen atoms in total. The fraction of sp³-hybridized carbons (Fsp3) is 0.429. The van der Waals surface area contributed by atoms with Crippen molar-refractivity contribution in [3.63, 3.8) is 0 Å². The largest absolute Gasteiger partial charge is 1.00 e. The van der Waals surface area contributed by atoms with Crippen molar-refractivity contribution in [3.05, 3.63) is 12.2 Å². The van der Waals surface area contributed by atoms with Crippen LogP contribution in [0.25, 0.3) is 0 Å². The Kier molecular flexibility index (Phi) is 14.5. The van der Waals surface area contributed by atoms with Gasteiger partial charge in [0.1, 0.15) is 5.78 Å². The van der Waals surface area contributed by atoms with Crippen molar-refractivity contribution < 1.29 is 35.0 Å². The molecular formula is C7H13LiO3. The van der Waals surface area contributed by atoms with Crippen LogP contribution in [0.4, 0.5) is 0 Å². The molecule has 1 N–H and O–H groups in total. The Bertz CT molecular complexity index is 141. The molecule has 0 aliphatic carbocycles. The van der Waals surface area contributed by atoms with Crippen LogP contribution in [0.1, 0.15) is 22.2 Å². The van der Waals surface area contributed by atoms with Crippen LogP contribution in [-0.2, 0) is 9.59 Å². The normalized spacial score (nSPS) is 6.45. The van der Waals surface area contributed by atoms with E-state index in [9.17, 15) is 9.59 Å². The predicted molar refractivity (Wildman–Crippen MR) is 39.9 cm³/mol. The molecule has 0 unspecified atom stereocenters. The molecule has 0 atom stereocenters. The van der Waals surface area contributed by atoms with E-state index < -0.39 is 5.97 Å². The summed E-state index contributed by atoms with van der Waals surface area (Å²) in [5.74, 6) is -0.769. The molecule has 4 heteroatoms. The number of carboxylic acids is 1. The zero-order valence-corrected chi connectivity index (χ0v) is 7.47. The number of carbonyl (C=O) groups excluding carboxylic acids is 1. The molecule has 0 fully saturated rings. The van der Waals surface area contributed by atoms with Gasteiger partial charge in [-0.1, -0.05) is 6.58 Å². The van der Waals surface area contributed by atoms with E-state index in [0.717, 1.165) is 0 Å². The number of Topliss-reactive ketones (excluding diaryl/α,β-unsaturated/α-hetero) is 1. The van der Waals surface area contributed by atoms with Crippen LogP contribution < -0.4 is 18.9 Å². The molecule has 0 radical (unpaired) electrons. The van der Waals surface area contributed by atoms with Gasteiger partial charge < -0.3 is 11.3 Å². The molecule has 0 bridgehead atoms. The quantitative estimate of drug-likeness (QED) is 0.362. The van der Waals surface area contributed by atoms with Crippen molar-refractivity contribution in [2.24, 2.45) is 0 Å². The number of hydrogen-bond acceptors (Lipinski definition) is 2. The van der Waals surface area contributed by atoms with Gasteiger partial charge in [0.2, 0.25) is 0 Å². The molecule has 0 heterocycles. The van der Waals surface area contributed by atoms with Gasteiger partial charge in [-0.15, -0.1) is 0 Å². The monoisotopic (exact) mass is 152 g/mol. The van der Waals surface area contributed by atoms with Gasteiger partial charge in [0.05, 0.1) is 0 Å². The molecule has 0 amide bonds. The molecule has 0 aliphatic heterocycles. The maximum Gasteiger partial charge on any atom is 1.00 e. The van der Waals surface area contributed by atoms with Gasteiger partial charge in [0.25, 0.3) is 0 Å². The van der Waals surface area contributed by atoms with E-state index >= 15 is 0 Å². The first-order valence-corrected chi connectivity index (χ1v) is 2.74. The average molecular weight is 152 g/mol. The molecule has 0 saturated carbocycles. The molecule has 0 spiro atoms.